The monoisotopic (exact) mass is 354 g/mol. The van der Waals surface area contributed by atoms with E-state index < -0.39 is 5.97 Å². The molecule has 1 aliphatic rings. The largest absolute Gasteiger partial charge is 0.481 e. The van der Waals surface area contributed by atoms with Crippen LogP contribution in [0.3, 0.4) is 0 Å². The third kappa shape index (κ3) is 4.78. The molecule has 2 aromatic rings. The van der Waals surface area contributed by atoms with Gasteiger partial charge in [-0.2, -0.15) is 0 Å². The Bertz CT molecular complexity index is 741. The van der Waals surface area contributed by atoms with E-state index in [2.05, 4.69) is 20.6 Å². The Morgan fingerprint density at radius 1 is 1.00 bits per heavy atom. The van der Waals surface area contributed by atoms with E-state index in [9.17, 15) is 9.59 Å². The second-order valence-electron chi connectivity index (χ2n) is 6.47. The molecule has 1 heterocycles. The number of rotatable bonds is 5. The van der Waals surface area contributed by atoms with Gasteiger partial charge in [0.15, 0.2) is 0 Å². The number of benzene rings is 1. The lowest BCUT2D eigenvalue weighted by Gasteiger charge is -2.26. The van der Waals surface area contributed by atoms with Crippen molar-refractivity contribution in [3.05, 3.63) is 48.5 Å². The fourth-order valence-electron chi connectivity index (χ4n) is 3.11. The summed E-state index contributed by atoms with van der Waals surface area (Å²) < 4.78 is 0. The molecule has 0 bridgehead atoms. The summed E-state index contributed by atoms with van der Waals surface area (Å²) >= 11 is 0. The highest BCUT2D eigenvalue weighted by molar-refractivity contribution is 5.74. The summed E-state index contributed by atoms with van der Waals surface area (Å²) in [5, 5.41) is 14.6. The number of aliphatic carboxylic acids is 1. The van der Waals surface area contributed by atoms with Gasteiger partial charge in [0.1, 0.15) is 5.82 Å². The fourth-order valence-corrected chi connectivity index (χ4v) is 3.11. The molecule has 1 aromatic carbocycles. The number of aromatic nitrogens is 2. The standard InChI is InChI=1S/C19H22N4O3/c24-18(25)14-6-8-16(9-7-14)23-19(26)22-12-17-20-10-15(11-21-17)13-4-2-1-3-5-13/h1-5,10-11,14,16H,6-9,12H2,(H,24,25)(H2,22,23,26). The van der Waals surface area contributed by atoms with Gasteiger partial charge in [0.05, 0.1) is 12.5 Å². The van der Waals surface area contributed by atoms with Crippen molar-refractivity contribution in [2.24, 2.45) is 5.92 Å². The molecule has 3 N–H and O–H groups in total. The van der Waals surface area contributed by atoms with Gasteiger partial charge < -0.3 is 15.7 Å². The normalized spacial score (nSPS) is 19.5. The molecular weight excluding hydrogens is 332 g/mol. The van der Waals surface area contributed by atoms with Gasteiger partial charge in [-0.15, -0.1) is 0 Å². The summed E-state index contributed by atoms with van der Waals surface area (Å²) in [4.78, 5) is 31.5. The van der Waals surface area contributed by atoms with Crippen LogP contribution >= 0.6 is 0 Å². The van der Waals surface area contributed by atoms with Crippen molar-refractivity contribution in [2.45, 2.75) is 38.3 Å². The van der Waals surface area contributed by atoms with Crippen molar-refractivity contribution in [1.82, 2.24) is 20.6 Å². The molecular formula is C19H22N4O3. The van der Waals surface area contributed by atoms with Gasteiger partial charge in [-0.3, -0.25) is 4.79 Å². The van der Waals surface area contributed by atoms with Crippen LogP contribution in [0.5, 0.6) is 0 Å². The zero-order valence-electron chi connectivity index (χ0n) is 14.4. The molecule has 0 atom stereocenters. The zero-order chi connectivity index (χ0) is 18.4. The van der Waals surface area contributed by atoms with E-state index >= 15 is 0 Å². The van der Waals surface area contributed by atoms with Crippen LogP contribution in [0.4, 0.5) is 4.79 Å². The zero-order valence-corrected chi connectivity index (χ0v) is 14.4. The van der Waals surface area contributed by atoms with Crippen LogP contribution in [0.15, 0.2) is 42.7 Å². The predicted octanol–water partition coefficient (Wildman–Crippen LogP) is 2.59. The van der Waals surface area contributed by atoms with Crippen LogP contribution in [0, 0.1) is 5.92 Å². The average molecular weight is 354 g/mol. The van der Waals surface area contributed by atoms with Gasteiger partial charge in [0.25, 0.3) is 0 Å². The number of carbonyl (C=O) groups is 2. The van der Waals surface area contributed by atoms with Crippen LogP contribution in [0.1, 0.15) is 31.5 Å². The molecule has 1 fully saturated rings. The van der Waals surface area contributed by atoms with E-state index in [1.807, 2.05) is 30.3 Å². The van der Waals surface area contributed by atoms with E-state index in [-0.39, 0.29) is 24.5 Å². The maximum absolute atomic E-state index is 12.0. The Morgan fingerprint density at radius 3 is 2.27 bits per heavy atom. The molecule has 0 unspecified atom stereocenters. The number of nitrogens with one attached hydrogen (secondary N) is 2. The number of hydrogen-bond donors (Lipinski definition) is 3. The summed E-state index contributed by atoms with van der Waals surface area (Å²) in [5.41, 5.74) is 1.97. The van der Waals surface area contributed by atoms with Gasteiger partial charge in [0.2, 0.25) is 0 Å². The van der Waals surface area contributed by atoms with E-state index in [0.717, 1.165) is 11.1 Å². The molecule has 0 saturated heterocycles. The average Bonchev–Trinajstić information content (AvgIpc) is 2.68. The molecule has 0 aliphatic heterocycles. The first-order valence-electron chi connectivity index (χ1n) is 8.75. The summed E-state index contributed by atoms with van der Waals surface area (Å²) in [7, 11) is 0. The minimum atomic E-state index is -0.746. The Balaban J connectivity index is 1.44. The molecule has 2 amide bonds. The summed E-state index contributed by atoms with van der Waals surface area (Å²) in [6.45, 7) is 0.241. The highest BCUT2D eigenvalue weighted by atomic mass is 16.4. The molecule has 26 heavy (non-hydrogen) atoms. The summed E-state index contributed by atoms with van der Waals surface area (Å²) in [6.07, 6.45) is 6.06. The predicted molar refractivity (Wildman–Crippen MR) is 96.2 cm³/mol. The first-order valence-corrected chi connectivity index (χ1v) is 8.75. The van der Waals surface area contributed by atoms with Gasteiger partial charge in [-0.05, 0) is 31.2 Å². The summed E-state index contributed by atoms with van der Waals surface area (Å²) in [6, 6.07) is 9.59. The molecule has 1 aliphatic carbocycles. The van der Waals surface area contributed by atoms with E-state index in [0.29, 0.717) is 31.5 Å². The third-order valence-corrected chi connectivity index (χ3v) is 4.63. The van der Waals surface area contributed by atoms with Crippen LogP contribution < -0.4 is 10.6 Å². The Morgan fingerprint density at radius 2 is 1.65 bits per heavy atom. The lowest BCUT2D eigenvalue weighted by atomic mass is 9.86. The fraction of sp³-hybridized carbons (Fsp3) is 0.368. The second kappa shape index (κ2) is 8.42. The molecule has 136 valence electrons. The Labute approximate surface area is 151 Å². The highest BCUT2D eigenvalue weighted by Crippen LogP contribution is 2.24. The minimum absolute atomic E-state index is 0.0203. The van der Waals surface area contributed by atoms with Crippen molar-refractivity contribution in [1.29, 1.82) is 0 Å². The molecule has 7 heteroatoms. The van der Waals surface area contributed by atoms with Crippen LogP contribution in [-0.4, -0.2) is 33.1 Å². The molecule has 1 aromatic heterocycles. The first kappa shape index (κ1) is 17.8. The van der Waals surface area contributed by atoms with Crippen LogP contribution in [-0.2, 0) is 11.3 Å². The maximum Gasteiger partial charge on any atom is 0.315 e. The summed E-state index contributed by atoms with van der Waals surface area (Å²) in [5.74, 6) is -0.494. The first-order chi connectivity index (χ1) is 12.6. The van der Waals surface area contributed by atoms with Gasteiger partial charge in [-0.25, -0.2) is 14.8 Å². The second-order valence-corrected chi connectivity index (χ2v) is 6.47. The molecule has 3 rings (SSSR count). The van der Waals surface area contributed by atoms with Crippen molar-refractivity contribution in [3.63, 3.8) is 0 Å². The SMILES string of the molecule is O=C(NCc1ncc(-c2ccccc2)cn1)NC1CCC(C(=O)O)CC1. The van der Waals surface area contributed by atoms with Crippen LogP contribution in [0.25, 0.3) is 11.1 Å². The van der Waals surface area contributed by atoms with Crippen molar-refractivity contribution in [2.75, 3.05) is 0 Å². The van der Waals surface area contributed by atoms with Crippen molar-refractivity contribution in [3.8, 4) is 11.1 Å². The van der Waals surface area contributed by atoms with E-state index in [1.165, 1.54) is 0 Å². The molecule has 0 radical (unpaired) electrons. The Kier molecular flexibility index (Phi) is 5.78. The highest BCUT2D eigenvalue weighted by Gasteiger charge is 2.26. The van der Waals surface area contributed by atoms with Gasteiger partial charge in [0, 0.05) is 24.0 Å². The minimum Gasteiger partial charge on any atom is -0.481 e. The van der Waals surface area contributed by atoms with Crippen molar-refractivity contribution >= 4 is 12.0 Å². The third-order valence-electron chi connectivity index (χ3n) is 4.63. The lowest BCUT2D eigenvalue weighted by Crippen LogP contribution is -2.44. The van der Waals surface area contributed by atoms with Gasteiger partial charge >= 0.3 is 12.0 Å². The number of nitrogens with zero attached hydrogens (tertiary/aromatic N) is 2. The number of urea groups is 1. The number of carboxylic acids is 1. The molecule has 7 nitrogen and oxygen atoms in total. The van der Waals surface area contributed by atoms with Gasteiger partial charge in [-0.1, -0.05) is 30.3 Å². The lowest BCUT2D eigenvalue weighted by molar-refractivity contribution is -0.142. The number of hydrogen-bond acceptors (Lipinski definition) is 4. The Hall–Kier alpha value is -2.96. The van der Waals surface area contributed by atoms with E-state index in [1.54, 1.807) is 12.4 Å². The molecule has 0 spiro atoms. The topological polar surface area (TPSA) is 104 Å². The number of carbonyl (C=O) groups excluding carboxylic acids is 1. The van der Waals surface area contributed by atoms with Crippen LogP contribution in [0.2, 0.25) is 0 Å². The number of amides is 2. The van der Waals surface area contributed by atoms with Crippen molar-refractivity contribution < 1.29 is 14.7 Å². The maximum atomic E-state index is 12.0. The smallest absolute Gasteiger partial charge is 0.315 e. The quantitative estimate of drug-likeness (QED) is 0.765. The molecule has 1 saturated carbocycles. The van der Waals surface area contributed by atoms with E-state index in [4.69, 9.17) is 5.11 Å². The number of carboxylic acid groups (broad SMARTS) is 1.